The second-order valence-electron chi connectivity index (χ2n) is 7.12. The number of carbonyl (C=O) groups is 2. The Bertz CT molecular complexity index is 1000. The second kappa shape index (κ2) is 7.75. The lowest BCUT2D eigenvalue weighted by Gasteiger charge is -2.26. The average Bonchev–Trinajstić information content (AvgIpc) is 3.16. The molecule has 2 aromatic rings. The van der Waals surface area contributed by atoms with Gasteiger partial charge in [0.2, 0.25) is 10.0 Å². The lowest BCUT2D eigenvalue weighted by Crippen LogP contribution is -2.31. The number of Topliss-reactive ketones (excluding diaryl/α,β-unsaturated/α-hetero) is 1. The van der Waals surface area contributed by atoms with Crippen molar-refractivity contribution in [2.45, 2.75) is 25.8 Å². The molecule has 148 valence electrons. The molecule has 6 nitrogen and oxygen atoms in total. The molecule has 1 aliphatic heterocycles. The van der Waals surface area contributed by atoms with Crippen molar-refractivity contribution < 1.29 is 18.0 Å². The summed E-state index contributed by atoms with van der Waals surface area (Å²) >= 11 is 0. The molecule has 28 heavy (non-hydrogen) atoms. The molecule has 1 saturated heterocycles. The van der Waals surface area contributed by atoms with Crippen molar-refractivity contribution in [2.75, 3.05) is 24.2 Å². The highest BCUT2D eigenvalue weighted by atomic mass is 32.2. The maximum Gasteiger partial charge on any atom is 0.254 e. The topological polar surface area (TPSA) is 74.8 Å². The molecule has 0 spiro atoms. The standard InChI is InChI=1S/C21H24N2O4S/c1-15(24)17-12-18(14-19(13-17)22(2)28(3,26)27)21(25)23-11-7-10-20(23)16-8-5-4-6-9-16/h4-6,8-9,12-14,20H,7,10-11H2,1-3H3. The SMILES string of the molecule is CC(=O)c1cc(C(=O)N2CCCC2c2ccccc2)cc(N(C)S(C)(=O)=O)c1. The van der Waals surface area contributed by atoms with Crippen LogP contribution in [0, 0.1) is 0 Å². The second-order valence-corrected chi connectivity index (χ2v) is 9.14. The van der Waals surface area contributed by atoms with Gasteiger partial charge >= 0.3 is 0 Å². The number of benzene rings is 2. The van der Waals surface area contributed by atoms with Crippen LogP contribution in [-0.2, 0) is 10.0 Å². The molecular formula is C21H24N2O4S. The molecule has 1 heterocycles. The summed E-state index contributed by atoms with van der Waals surface area (Å²) in [4.78, 5) is 27.0. The van der Waals surface area contributed by atoms with Crippen molar-refractivity contribution in [1.82, 2.24) is 4.90 Å². The summed E-state index contributed by atoms with van der Waals surface area (Å²) in [6.45, 7) is 2.02. The van der Waals surface area contributed by atoms with Crippen LogP contribution in [0.3, 0.4) is 0 Å². The minimum atomic E-state index is -3.52. The largest absolute Gasteiger partial charge is 0.332 e. The van der Waals surface area contributed by atoms with Crippen LogP contribution in [0.15, 0.2) is 48.5 Å². The van der Waals surface area contributed by atoms with Gasteiger partial charge in [0.15, 0.2) is 5.78 Å². The minimum absolute atomic E-state index is 0.0224. The van der Waals surface area contributed by atoms with Gasteiger partial charge in [-0.2, -0.15) is 0 Å². The van der Waals surface area contributed by atoms with E-state index >= 15 is 0 Å². The fourth-order valence-corrected chi connectivity index (χ4v) is 4.00. The molecule has 1 amide bonds. The monoisotopic (exact) mass is 400 g/mol. The molecule has 2 aromatic carbocycles. The number of rotatable bonds is 5. The van der Waals surface area contributed by atoms with E-state index in [4.69, 9.17) is 0 Å². The van der Waals surface area contributed by atoms with Crippen LogP contribution in [0.25, 0.3) is 0 Å². The molecule has 1 fully saturated rings. The van der Waals surface area contributed by atoms with Crippen molar-refractivity contribution in [3.63, 3.8) is 0 Å². The van der Waals surface area contributed by atoms with E-state index in [0.717, 1.165) is 29.0 Å². The number of anilines is 1. The highest BCUT2D eigenvalue weighted by Crippen LogP contribution is 2.33. The predicted octanol–water partition coefficient (Wildman–Crippen LogP) is 3.26. The average molecular weight is 401 g/mol. The molecule has 0 N–H and O–H groups in total. The highest BCUT2D eigenvalue weighted by molar-refractivity contribution is 7.92. The van der Waals surface area contributed by atoms with Crippen LogP contribution < -0.4 is 4.31 Å². The molecule has 0 bridgehead atoms. The molecule has 1 atom stereocenters. The van der Waals surface area contributed by atoms with Gasteiger partial charge < -0.3 is 4.90 Å². The smallest absolute Gasteiger partial charge is 0.254 e. The van der Waals surface area contributed by atoms with E-state index < -0.39 is 10.0 Å². The van der Waals surface area contributed by atoms with Crippen molar-refractivity contribution in [3.05, 3.63) is 65.2 Å². The van der Waals surface area contributed by atoms with Crippen molar-refractivity contribution in [1.29, 1.82) is 0 Å². The van der Waals surface area contributed by atoms with Crippen LogP contribution in [0.4, 0.5) is 5.69 Å². The summed E-state index contributed by atoms with van der Waals surface area (Å²) in [6, 6.07) is 14.4. The third kappa shape index (κ3) is 4.09. The summed E-state index contributed by atoms with van der Waals surface area (Å²) in [5.41, 5.74) is 2.01. The van der Waals surface area contributed by atoms with Gasteiger partial charge in [0.25, 0.3) is 5.91 Å². The zero-order valence-electron chi connectivity index (χ0n) is 16.3. The number of carbonyl (C=O) groups excluding carboxylic acids is 2. The van der Waals surface area contributed by atoms with Gasteiger partial charge in [-0.1, -0.05) is 30.3 Å². The number of nitrogens with zero attached hydrogens (tertiary/aromatic N) is 2. The Balaban J connectivity index is 2.01. The fourth-order valence-electron chi connectivity index (χ4n) is 3.51. The third-order valence-corrected chi connectivity index (χ3v) is 6.34. The zero-order valence-corrected chi connectivity index (χ0v) is 17.1. The summed E-state index contributed by atoms with van der Waals surface area (Å²) in [7, 11) is -2.11. The summed E-state index contributed by atoms with van der Waals surface area (Å²) < 4.78 is 24.9. The van der Waals surface area contributed by atoms with Crippen LogP contribution in [0.5, 0.6) is 0 Å². The lowest BCUT2D eigenvalue weighted by atomic mass is 10.0. The quantitative estimate of drug-likeness (QED) is 0.722. The fraction of sp³-hybridized carbons (Fsp3) is 0.333. The van der Waals surface area contributed by atoms with Gasteiger partial charge in [-0.3, -0.25) is 13.9 Å². The highest BCUT2D eigenvalue weighted by Gasteiger charge is 2.31. The Labute approximate surface area is 165 Å². The van der Waals surface area contributed by atoms with E-state index in [9.17, 15) is 18.0 Å². The zero-order chi connectivity index (χ0) is 20.5. The lowest BCUT2D eigenvalue weighted by molar-refractivity contribution is 0.0735. The number of likely N-dealkylation sites (tertiary alicyclic amines) is 1. The molecule has 7 heteroatoms. The van der Waals surface area contributed by atoms with Crippen LogP contribution in [0.1, 0.15) is 52.1 Å². The Morgan fingerprint density at radius 3 is 2.32 bits per heavy atom. The van der Waals surface area contributed by atoms with Gasteiger partial charge in [-0.25, -0.2) is 8.42 Å². The van der Waals surface area contributed by atoms with E-state index in [2.05, 4.69) is 0 Å². The first-order chi connectivity index (χ1) is 13.2. The number of amides is 1. The van der Waals surface area contributed by atoms with Gasteiger partial charge in [0.1, 0.15) is 0 Å². The van der Waals surface area contributed by atoms with Crippen molar-refractivity contribution in [2.24, 2.45) is 0 Å². The Morgan fingerprint density at radius 1 is 1.07 bits per heavy atom. The summed E-state index contributed by atoms with van der Waals surface area (Å²) in [5.74, 6) is -0.420. The predicted molar refractivity (Wildman–Crippen MR) is 109 cm³/mol. The van der Waals surface area contributed by atoms with Crippen molar-refractivity contribution in [3.8, 4) is 0 Å². The van der Waals surface area contributed by atoms with Gasteiger partial charge in [-0.15, -0.1) is 0 Å². The molecule has 1 aliphatic rings. The molecule has 0 saturated carbocycles. The normalized spacial score (nSPS) is 16.8. The first-order valence-corrected chi connectivity index (χ1v) is 11.0. The third-order valence-electron chi connectivity index (χ3n) is 5.13. The number of hydrogen-bond acceptors (Lipinski definition) is 4. The first kappa shape index (κ1) is 20.1. The molecule has 3 rings (SSSR count). The summed E-state index contributed by atoms with van der Waals surface area (Å²) in [5, 5.41) is 0. The number of hydrogen-bond donors (Lipinski definition) is 0. The Morgan fingerprint density at radius 2 is 1.71 bits per heavy atom. The van der Waals surface area contributed by atoms with Crippen molar-refractivity contribution >= 4 is 27.4 Å². The van der Waals surface area contributed by atoms with Gasteiger partial charge in [0, 0.05) is 24.7 Å². The molecule has 1 unspecified atom stereocenters. The number of sulfonamides is 1. The maximum absolute atomic E-state index is 13.3. The van der Waals surface area contributed by atoms with E-state index in [1.165, 1.54) is 26.1 Å². The minimum Gasteiger partial charge on any atom is -0.332 e. The van der Waals surface area contributed by atoms with Gasteiger partial charge in [-0.05, 0) is 43.5 Å². The van der Waals surface area contributed by atoms with Crippen LogP contribution in [0.2, 0.25) is 0 Å². The Hall–Kier alpha value is -2.67. The van der Waals surface area contributed by atoms with E-state index in [1.807, 2.05) is 30.3 Å². The molecule has 0 aliphatic carbocycles. The number of ketones is 1. The molecule has 0 radical (unpaired) electrons. The Kier molecular flexibility index (Phi) is 5.56. The summed E-state index contributed by atoms with van der Waals surface area (Å²) in [6.07, 6.45) is 2.85. The maximum atomic E-state index is 13.3. The van der Waals surface area contributed by atoms with Crippen LogP contribution in [-0.4, -0.2) is 44.9 Å². The van der Waals surface area contributed by atoms with E-state index in [-0.39, 0.29) is 17.7 Å². The molecule has 0 aromatic heterocycles. The van der Waals surface area contributed by atoms with Crippen LogP contribution >= 0.6 is 0 Å². The van der Waals surface area contributed by atoms with E-state index in [0.29, 0.717) is 23.4 Å². The first-order valence-electron chi connectivity index (χ1n) is 9.14. The molecular weight excluding hydrogens is 376 g/mol. The van der Waals surface area contributed by atoms with Gasteiger partial charge in [0.05, 0.1) is 18.0 Å². The van der Waals surface area contributed by atoms with E-state index in [1.54, 1.807) is 11.0 Å².